The lowest BCUT2D eigenvalue weighted by atomic mass is 9.54. The number of alkyl halides is 2. The minimum atomic E-state index is -1.34. The first-order valence-corrected chi connectivity index (χ1v) is 14.8. The van der Waals surface area contributed by atoms with E-state index in [0.29, 0.717) is 32.8 Å². The fourth-order valence-electron chi connectivity index (χ4n) is 6.97. The molecule has 0 saturated carbocycles. The average molecular weight is 617 g/mol. The van der Waals surface area contributed by atoms with Gasteiger partial charge in [0.15, 0.2) is 0 Å². The summed E-state index contributed by atoms with van der Waals surface area (Å²) in [5, 5.41) is 0.449. The van der Waals surface area contributed by atoms with E-state index < -0.39 is 45.4 Å². The maximum Gasteiger partial charge on any atom is 0.330 e. The Kier molecular flexibility index (Phi) is 6.46. The molecule has 4 aliphatic rings. The second-order valence-corrected chi connectivity index (χ2v) is 12.5. The Hall–Kier alpha value is -3.64. The minimum Gasteiger partial charge on any atom is -0.459 e. The number of carbonyl (C=O) groups is 3. The van der Waals surface area contributed by atoms with Gasteiger partial charge in [0.25, 0.3) is 0 Å². The smallest absolute Gasteiger partial charge is 0.330 e. The zero-order valence-corrected chi connectivity index (χ0v) is 24.4. The molecule has 4 aromatic rings. The second-order valence-electron chi connectivity index (χ2n) is 10.9. The Morgan fingerprint density at radius 2 is 1.17 bits per heavy atom. The molecule has 2 amide bonds. The number of nitrogens with zero attached hydrogens (tertiary/aromatic N) is 1. The molecular weight excluding hydrogens is 593 g/mol. The molecular formula is C34H24Cl3NO4. The SMILES string of the molecule is O=C(OCc1ccccc1Cl)[C@H](Cc1ccccc1)N1C(=O)[C@@H]2[C@@H](C1=O)C1(Cl)c3ccccc3C2(Cl)c2ccccc21. The lowest BCUT2D eigenvalue weighted by Crippen LogP contribution is -2.57. The maximum atomic E-state index is 14.5. The monoisotopic (exact) mass is 615 g/mol. The highest BCUT2D eigenvalue weighted by atomic mass is 35.5. The summed E-state index contributed by atoms with van der Waals surface area (Å²) < 4.78 is 5.71. The van der Waals surface area contributed by atoms with Crippen molar-refractivity contribution in [2.45, 2.75) is 28.8 Å². The van der Waals surface area contributed by atoms with Gasteiger partial charge in [-0.25, -0.2) is 4.79 Å². The molecule has 2 bridgehead atoms. The van der Waals surface area contributed by atoms with Gasteiger partial charge in [-0.2, -0.15) is 0 Å². The fourth-order valence-corrected chi connectivity index (χ4v) is 8.26. The Labute approximate surface area is 258 Å². The first kappa shape index (κ1) is 27.2. The average Bonchev–Trinajstić information content (AvgIpc) is 3.29. The fraction of sp³-hybridized carbons (Fsp3) is 0.206. The molecule has 1 fully saturated rings. The Morgan fingerprint density at radius 1 is 0.714 bits per heavy atom. The van der Waals surface area contributed by atoms with Crippen LogP contribution in [0.25, 0.3) is 0 Å². The number of benzene rings is 4. The van der Waals surface area contributed by atoms with Crippen LogP contribution < -0.4 is 0 Å². The highest BCUT2D eigenvalue weighted by Crippen LogP contribution is 2.69. The molecule has 0 aromatic heterocycles. The van der Waals surface area contributed by atoms with Crippen LogP contribution >= 0.6 is 34.8 Å². The van der Waals surface area contributed by atoms with Crippen LogP contribution in [-0.2, 0) is 41.9 Å². The van der Waals surface area contributed by atoms with Gasteiger partial charge in [0.05, 0.1) is 11.8 Å². The molecule has 3 atom stereocenters. The zero-order valence-electron chi connectivity index (χ0n) is 22.2. The second kappa shape index (κ2) is 9.98. The summed E-state index contributed by atoms with van der Waals surface area (Å²) >= 11 is 21.4. The number of carbonyl (C=O) groups excluding carboxylic acids is 3. The van der Waals surface area contributed by atoms with Crippen LogP contribution in [0.1, 0.15) is 33.4 Å². The van der Waals surface area contributed by atoms with Crippen LogP contribution in [-0.4, -0.2) is 28.7 Å². The van der Waals surface area contributed by atoms with Gasteiger partial charge in [0.2, 0.25) is 11.8 Å². The lowest BCUT2D eigenvalue weighted by Gasteiger charge is -2.54. The van der Waals surface area contributed by atoms with E-state index in [1.807, 2.05) is 78.9 Å². The molecule has 4 aromatic carbocycles. The lowest BCUT2D eigenvalue weighted by molar-refractivity contribution is -0.159. The van der Waals surface area contributed by atoms with Gasteiger partial charge < -0.3 is 4.74 Å². The summed E-state index contributed by atoms with van der Waals surface area (Å²) in [6.07, 6.45) is 0.0730. The molecule has 0 N–H and O–H groups in total. The van der Waals surface area contributed by atoms with E-state index in [1.54, 1.807) is 24.3 Å². The highest BCUT2D eigenvalue weighted by Gasteiger charge is 2.73. The van der Waals surface area contributed by atoms with Crippen LogP contribution in [0.4, 0.5) is 0 Å². The molecule has 210 valence electrons. The Morgan fingerprint density at radius 3 is 1.67 bits per heavy atom. The first-order valence-electron chi connectivity index (χ1n) is 13.7. The van der Waals surface area contributed by atoms with Crippen molar-refractivity contribution in [1.29, 1.82) is 0 Å². The topological polar surface area (TPSA) is 63.7 Å². The van der Waals surface area contributed by atoms with Crippen LogP contribution in [0.15, 0.2) is 103 Å². The van der Waals surface area contributed by atoms with Gasteiger partial charge in [-0.15, -0.1) is 23.2 Å². The summed E-state index contributed by atoms with van der Waals surface area (Å²) in [7, 11) is 0. The van der Waals surface area contributed by atoms with Gasteiger partial charge in [-0.05, 0) is 33.9 Å². The molecule has 0 radical (unpaired) electrons. The third-order valence-electron chi connectivity index (χ3n) is 8.80. The van der Waals surface area contributed by atoms with Gasteiger partial charge in [0.1, 0.15) is 22.4 Å². The van der Waals surface area contributed by atoms with Gasteiger partial charge in [-0.1, -0.05) is 109 Å². The number of likely N-dealkylation sites (tertiary alicyclic amines) is 1. The van der Waals surface area contributed by atoms with Crippen LogP contribution in [0.5, 0.6) is 0 Å². The standard InChI is InChI=1S/C34H24Cl3NO4/c35-26-17-9-4-12-21(26)19-42-32(41)27(18-20-10-2-1-3-11-20)38-30(39)28-29(31(38)40)34(37)23-14-6-5-13-22(23)33(28,36)24-15-7-8-16-25(24)34/h1-17,27-29H,18-19H2/t27-,28-,29-,33?,34?/m0/s1. The molecule has 1 saturated heterocycles. The van der Waals surface area contributed by atoms with E-state index in [4.69, 9.17) is 39.5 Å². The minimum absolute atomic E-state index is 0.0730. The van der Waals surface area contributed by atoms with E-state index >= 15 is 0 Å². The number of amides is 2. The number of halogens is 3. The van der Waals surface area contributed by atoms with E-state index in [1.165, 1.54) is 0 Å². The van der Waals surface area contributed by atoms with Crippen molar-refractivity contribution in [3.63, 3.8) is 0 Å². The third-order valence-corrected chi connectivity index (χ3v) is 10.5. The van der Waals surface area contributed by atoms with Crippen LogP contribution in [0.3, 0.4) is 0 Å². The molecule has 5 nitrogen and oxygen atoms in total. The van der Waals surface area contributed by atoms with Crippen molar-refractivity contribution in [2.75, 3.05) is 0 Å². The molecule has 0 spiro atoms. The summed E-state index contributed by atoms with van der Waals surface area (Å²) in [6, 6.07) is 29.9. The van der Waals surface area contributed by atoms with Crippen LogP contribution in [0, 0.1) is 11.8 Å². The molecule has 42 heavy (non-hydrogen) atoms. The van der Waals surface area contributed by atoms with Gasteiger partial charge in [0, 0.05) is 17.0 Å². The number of ether oxygens (including phenoxy) is 1. The molecule has 3 aliphatic carbocycles. The first-order chi connectivity index (χ1) is 20.3. The van der Waals surface area contributed by atoms with Crippen molar-refractivity contribution < 1.29 is 19.1 Å². The van der Waals surface area contributed by atoms with E-state index in [0.717, 1.165) is 10.5 Å². The van der Waals surface area contributed by atoms with Crippen molar-refractivity contribution >= 4 is 52.6 Å². The molecule has 8 rings (SSSR count). The summed E-state index contributed by atoms with van der Waals surface area (Å²) in [6.45, 7) is -0.108. The largest absolute Gasteiger partial charge is 0.459 e. The van der Waals surface area contributed by atoms with Crippen LogP contribution in [0.2, 0.25) is 5.02 Å². The number of hydrogen-bond acceptors (Lipinski definition) is 4. The van der Waals surface area contributed by atoms with E-state index in [-0.39, 0.29) is 13.0 Å². The number of hydrogen-bond donors (Lipinski definition) is 0. The van der Waals surface area contributed by atoms with Crippen molar-refractivity contribution in [2.24, 2.45) is 11.8 Å². The number of esters is 1. The highest BCUT2D eigenvalue weighted by molar-refractivity contribution is 6.36. The maximum absolute atomic E-state index is 14.5. The van der Waals surface area contributed by atoms with Crippen molar-refractivity contribution in [3.05, 3.63) is 142 Å². The molecule has 1 aliphatic heterocycles. The van der Waals surface area contributed by atoms with Crippen molar-refractivity contribution in [3.8, 4) is 0 Å². The van der Waals surface area contributed by atoms with Crippen molar-refractivity contribution in [1.82, 2.24) is 4.90 Å². The normalized spacial score (nSPS) is 25.9. The molecule has 1 heterocycles. The third kappa shape index (κ3) is 3.73. The van der Waals surface area contributed by atoms with E-state index in [2.05, 4.69) is 0 Å². The van der Waals surface area contributed by atoms with Gasteiger partial charge >= 0.3 is 5.97 Å². The van der Waals surface area contributed by atoms with E-state index in [9.17, 15) is 14.4 Å². The predicted molar refractivity (Wildman–Crippen MR) is 160 cm³/mol. The van der Waals surface area contributed by atoms with Gasteiger partial charge in [-0.3, -0.25) is 14.5 Å². The Bertz CT molecular complexity index is 1640. The summed E-state index contributed by atoms with van der Waals surface area (Å²) in [4.78, 5) is 41.2. The summed E-state index contributed by atoms with van der Waals surface area (Å²) in [5.74, 6) is -3.81. The zero-order chi connectivity index (χ0) is 29.2. The predicted octanol–water partition coefficient (Wildman–Crippen LogP) is 6.59. The molecule has 0 unspecified atom stereocenters. The summed E-state index contributed by atoms with van der Waals surface area (Å²) in [5.41, 5.74) is 4.18. The molecule has 8 heteroatoms. The quantitative estimate of drug-likeness (QED) is 0.139. The number of imide groups is 1. The number of rotatable bonds is 6. The Balaban J connectivity index is 1.33.